The highest BCUT2D eigenvalue weighted by atomic mass is 32.2. The number of benzene rings is 1. The Kier molecular flexibility index (Phi) is 2.14. The van der Waals surface area contributed by atoms with Crippen LogP contribution in [0.4, 0.5) is 0 Å². The van der Waals surface area contributed by atoms with E-state index in [1.807, 2.05) is 0 Å². The molecule has 1 unspecified atom stereocenters. The summed E-state index contributed by atoms with van der Waals surface area (Å²) >= 11 is -2.02. The van der Waals surface area contributed by atoms with Crippen molar-refractivity contribution in [1.82, 2.24) is 9.97 Å². The first kappa shape index (κ1) is 9.04. The second-order valence-electron chi connectivity index (χ2n) is 2.68. The predicted molar refractivity (Wildman–Crippen MR) is 51.4 cm³/mol. The molecule has 1 heterocycles. The van der Waals surface area contributed by atoms with E-state index in [1.165, 1.54) is 12.1 Å². The molecular weight excluding hydrogens is 204 g/mol. The summed E-state index contributed by atoms with van der Waals surface area (Å²) < 4.78 is 19.5. The van der Waals surface area contributed by atoms with E-state index < -0.39 is 11.1 Å². The van der Waals surface area contributed by atoms with E-state index in [4.69, 9.17) is 4.55 Å². The lowest BCUT2D eigenvalue weighted by molar-refractivity contribution is 0.564. The minimum Gasteiger partial charge on any atom is -0.319 e. The van der Waals surface area contributed by atoms with Gasteiger partial charge in [-0.25, -0.2) is 9.19 Å². The summed E-state index contributed by atoms with van der Waals surface area (Å²) in [5.74, 6) is 0. The van der Waals surface area contributed by atoms with Gasteiger partial charge in [-0.1, -0.05) is 0 Å². The summed E-state index contributed by atoms with van der Waals surface area (Å²) in [6.45, 7) is 0. The van der Waals surface area contributed by atoms with Gasteiger partial charge >= 0.3 is 0 Å². The molecule has 0 aliphatic carbocycles. The van der Waals surface area contributed by atoms with Crippen LogP contribution < -0.4 is 5.56 Å². The minimum atomic E-state index is -2.02. The van der Waals surface area contributed by atoms with Crippen LogP contribution in [0.1, 0.15) is 0 Å². The van der Waals surface area contributed by atoms with Gasteiger partial charge in [0.05, 0.1) is 22.1 Å². The first-order valence-electron chi connectivity index (χ1n) is 3.77. The summed E-state index contributed by atoms with van der Waals surface area (Å²) in [4.78, 5) is 17.5. The zero-order valence-corrected chi connectivity index (χ0v) is 7.75. The third kappa shape index (κ3) is 1.57. The maximum absolute atomic E-state index is 10.9. The largest absolute Gasteiger partial charge is 0.319 e. The molecule has 5 nitrogen and oxygen atoms in total. The Balaban J connectivity index is 2.73. The molecule has 0 aliphatic rings. The van der Waals surface area contributed by atoms with E-state index in [0.29, 0.717) is 11.0 Å². The number of nitrogens with one attached hydrogen (secondary N) is 1. The van der Waals surface area contributed by atoms with Crippen molar-refractivity contribution in [2.24, 2.45) is 0 Å². The Morgan fingerprint density at radius 3 is 2.93 bits per heavy atom. The molecule has 0 amide bonds. The van der Waals surface area contributed by atoms with Gasteiger partial charge in [0.15, 0.2) is 11.1 Å². The zero-order chi connectivity index (χ0) is 10.1. The molecule has 6 heteroatoms. The molecule has 0 saturated heterocycles. The third-order valence-electron chi connectivity index (χ3n) is 1.75. The predicted octanol–water partition coefficient (Wildman–Crippen LogP) is 0.504. The molecule has 1 aromatic carbocycles. The molecule has 0 radical (unpaired) electrons. The van der Waals surface area contributed by atoms with Crippen molar-refractivity contribution >= 4 is 22.1 Å². The Labute approximate surface area is 81.1 Å². The topological polar surface area (TPSA) is 83.1 Å². The van der Waals surface area contributed by atoms with Gasteiger partial charge in [-0.05, 0) is 18.2 Å². The first-order chi connectivity index (χ1) is 6.66. The summed E-state index contributed by atoms with van der Waals surface area (Å²) in [5.41, 5.74) is 0.742. The molecule has 0 spiro atoms. The lowest BCUT2D eigenvalue weighted by Gasteiger charge is -1.97. The fraction of sp³-hybridized carbons (Fsp3) is 0. The molecule has 0 saturated carbocycles. The number of hydrogen-bond donors (Lipinski definition) is 2. The maximum atomic E-state index is 10.9. The van der Waals surface area contributed by atoms with Gasteiger partial charge in [0.25, 0.3) is 5.56 Å². The van der Waals surface area contributed by atoms with Gasteiger partial charge in [0.1, 0.15) is 0 Å². The zero-order valence-electron chi connectivity index (χ0n) is 6.93. The smallest absolute Gasteiger partial charge is 0.266 e. The van der Waals surface area contributed by atoms with E-state index >= 15 is 0 Å². The van der Waals surface area contributed by atoms with Crippen molar-refractivity contribution in [3.05, 3.63) is 34.7 Å². The molecule has 2 rings (SSSR count). The van der Waals surface area contributed by atoms with Crippen molar-refractivity contribution < 1.29 is 8.76 Å². The van der Waals surface area contributed by atoms with Gasteiger partial charge in [-0.2, -0.15) is 0 Å². The molecule has 1 atom stereocenters. The van der Waals surface area contributed by atoms with E-state index in [-0.39, 0.29) is 10.5 Å². The summed E-state index contributed by atoms with van der Waals surface area (Å²) in [6.07, 6.45) is 1.13. The van der Waals surface area contributed by atoms with Crippen LogP contribution in [0, 0.1) is 0 Å². The molecule has 2 N–H and O–H groups in total. The molecule has 2 aromatic rings. The number of nitrogens with zero attached hydrogens (tertiary/aromatic N) is 1. The molecule has 0 bridgehead atoms. The van der Waals surface area contributed by atoms with Crippen LogP contribution >= 0.6 is 0 Å². The summed E-state index contributed by atoms with van der Waals surface area (Å²) in [6, 6.07) is 4.48. The standard InChI is InChI=1S/C8H6N2O3S/c11-8-4-9-7-3-5(14(12)13)1-2-6(7)10-8/h1-4H,(H,10,11)(H,12,13). The Morgan fingerprint density at radius 1 is 1.43 bits per heavy atom. The molecule has 14 heavy (non-hydrogen) atoms. The van der Waals surface area contributed by atoms with Crippen molar-refractivity contribution in [1.29, 1.82) is 0 Å². The van der Waals surface area contributed by atoms with Gasteiger partial charge in [0.2, 0.25) is 0 Å². The highest BCUT2D eigenvalue weighted by Crippen LogP contribution is 2.11. The quantitative estimate of drug-likeness (QED) is 0.671. The van der Waals surface area contributed by atoms with Crippen molar-refractivity contribution in [2.45, 2.75) is 4.90 Å². The van der Waals surface area contributed by atoms with Gasteiger partial charge in [-0.15, -0.1) is 0 Å². The number of H-pyrrole nitrogens is 1. The average molecular weight is 210 g/mol. The van der Waals surface area contributed by atoms with Crippen LogP contribution in [0.3, 0.4) is 0 Å². The Bertz CT molecular complexity index is 564. The molecule has 0 fully saturated rings. The highest BCUT2D eigenvalue weighted by molar-refractivity contribution is 7.79. The minimum absolute atomic E-state index is 0.261. The average Bonchev–Trinajstić information content (AvgIpc) is 2.16. The summed E-state index contributed by atoms with van der Waals surface area (Å²) in [7, 11) is 0. The van der Waals surface area contributed by atoms with Gasteiger partial charge < -0.3 is 9.54 Å². The monoisotopic (exact) mass is 210 g/mol. The summed E-state index contributed by atoms with van der Waals surface area (Å²) in [5, 5.41) is 0. The number of aromatic nitrogens is 2. The molecular formula is C8H6N2O3S. The van der Waals surface area contributed by atoms with Gasteiger partial charge in [-0.3, -0.25) is 4.79 Å². The van der Waals surface area contributed by atoms with Crippen molar-refractivity contribution in [3.63, 3.8) is 0 Å². The van der Waals surface area contributed by atoms with Crippen molar-refractivity contribution in [2.75, 3.05) is 0 Å². The van der Waals surface area contributed by atoms with E-state index in [1.54, 1.807) is 6.07 Å². The lowest BCUT2D eigenvalue weighted by Crippen LogP contribution is -2.05. The van der Waals surface area contributed by atoms with Crippen LogP contribution in [0.2, 0.25) is 0 Å². The maximum Gasteiger partial charge on any atom is 0.266 e. The van der Waals surface area contributed by atoms with Crippen molar-refractivity contribution in [3.8, 4) is 0 Å². The lowest BCUT2D eigenvalue weighted by atomic mass is 10.3. The molecule has 0 aliphatic heterocycles. The third-order valence-corrected chi connectivity index (χ3v) is 2.41. The number of fused-ring (bicyclic) bond motifs is 1. The second-order valence-corrected chi connectivity index (χ2v) is 3.65. The highest BCUT2D eigenvalue weighted by Gasteiger charge is 2.02. The van der Waals surface area contributed by atoms with E-state index in [2.05, 4.69) is 9.97 Å². The second kappa shape index (κ2) is 3.32. The fourth-order valence-electron chi connectivity index (χ4n) is 1.13. The van der Waals surface area contributed by atoms with E-state index in [0.717, 1.165) is 6.20 Å². The van der Waals surface area contributed by atoms with E-state index in [9.17, 15) is 9.00 Å². The Morgan fingerprint density at radius 2 is 2.21 bits per heavy atom. The normalized spacial score (nSPS) is 12.9. The van der Waals surface area contributed by atoms with Crippen LogP contribution in [-0.2, 0) is 11.1 Å². The molecule has 72 valence electrons. The SMILES string of the molecule is O=c1cnc2cc(S(=O)O)ccc2[nH]1. The number of rotatable bonds is 1. The number of aromatic amines is 1. The van der Waals surface area contributed by atoms with Crippen LogP contribution in [0.5, 0.6) is 0 Å². The first-order valence-corrected chi connectivity index (χ1v) is 4.87. The number of hydrogen-bond acceptors (Lipinski definition) is 3. The van der Waals surface area contributed by atoms with Crippen LogP contribution in [0.15, 0.2) is 34.1 Å². The molecule has 1 aromatic heterocycles. The van der Waals surface area contributed by atoms with Crippen LogP contribution in [0.25, 0.3) is 11.0 Å². The fourth-order valence-corrected chi connectivity index (χ4v) is 1.52. The van der Waals surface area contributed by atoms with Gasteiger partial charge in [0, 0.05) is 0 Å². The Hall–Kier alpha value is -1.53. The van der Waals surface area contributed by atoms with Crippen LogP contribution in [-0.4, -0.2) is 18.7 Å².